The van der Waals surface area contributed by atoms with Crippen LogP contribution in [0.1, 0.15) is 30.3 Å². The molecule has 2 N–H and O–H groups in total. The Morgan fingerprint density at radius 2 is 2.22 bits per heavy atom. The fourth-order valence-corrected chi connectivity index (χ4v) is 2.09. The lowest BCUT2D eigenvalue weighted by Crippen LogP contribution is -2.15. The van der Waals surface area contributed by atoms with Crippen molar-refractivity contribution in [2.45, 2.75) is 19.8 Å². The first-order chi connectivity index (χ1) is 11.3. The van der Waals surface area contributed by atoms with Gasteiger partial charge in [-0.15, -0.1) is 5.10 Å². The Bertz CT molecular complexity index is 803. The SMILES string of the molecule is CCCCOc1cc(C(=O)Nc2nn[nH]n2)nc2ccccc12. The van der Waals surface area contributed by atoms with Gasteiger partial charge in [-0.2, -0.15) is 5.21 Å². The summed E-state index contributed by atoms with van der Waals surface area (Å²) in [4.78, 5) is 16.7. The number of rotatable bonds is 6. The average Bonchev–Trinajstić information content (AvgIpc) is 3.07. The number of nitrogens with zero attached hydrogens (tertiary/aromatic N) is 4. The van der Waals surface area contributed by atoms with E-state index in [4.69, 9.17) is 4.74 Å². The van der Waals surface area contributed by atoms with Gasteiger partial charge in [0.2, 0.25) is 0 Å². The quantitative estimate of drug-likeness (QED) is 0.676. The lowest BCUT2D eigenvalue weighted by molar-refractivity contribution is 0.102. The number of tetrazole rings is 1. The first kappa shape index (κ1) is 14.9. The second-order valence-corrected chi connectivity index (χ2v) is 4.91. The Morgan fingerprint density at radius 1 is 1.35 bits per heavy atom. The topological polar surface area (TPSA) is 106 Å². The predicted octanol–water partition coefficient (Wildman–Crippen LogP) is 2.18. The Kier molecular flexibility index (Phi) is 4.41. The van der Waals surface area contributed by atoms with Gasteiger partial charge in [-0.05, 0) is 23.8 Å². The molecule has 3 aromatic rings. The molecule has 23 heavy (non-hydrogen) atoms. The molecular formula is C15H16N6O2. The first-order valence-electron chi connectivity index (χ1n) is 7.35. The lowest BCUT2D eigenvalue weighted by Gasteiger charge is -2.10. The van der Waals surface area contributed by atoms with Crippen molar-refractivity contribution >= 4 is 22.8 Å². The number of hydrogen-bond donors (Lipinski definition) is 2. The van der Waals surface area contributed by atoms with Crippen LogP contribution in [0.4, 0.5) is 5.95 Å². The van der Waals surface area contributed by atoms with Crippen LogP contribution in [0, 0.1) is 0 Å². The van der Waals surface area contributed by atoms with Crippen molar-refractivity contribution in [1.29, 1.82) is 0 Å². The number of carbonyl (C=O) groups excluding carboxylic acids is 1. The van der Waals surface area contributed by atoms with Crippen LogP contribution in [0.2, 0.25) is 0 Å². The minimum absolute atomic E-state index is 0.0957. The van der Waals surface area contributed by atoms with Crippen molar-refractivity contribution in [2.24, 2.45) is 0 Å². The molecule has 0 spiro atoms. The van der Waals surface area contributed by atoms with E-state index >= 15 is 0 Å². The lowest BCUT2D eigenvalue weighted by atomic mass is 10.1. The van der Waals surface area contributed by atoms with Crippen molar-refractivity contribution in [2.75, 3.05) is 11.9 Å². The van der Waals surface area contributed by atoms with E-state index in [-0.39, 0.29) is 11.6 Å². The van der Waals surface area contributed by atoms with E-state index in [0.29, 0.717) is 17.9 Å². The van der Waals surface area contributed by atoms with Crippen LogP contribution in [-0.4, -0.2) is 38.1 Å². The summed E-state index contributed by atoms with van der Waals surface area (Å²) in [6.45, 7) is 2.69. The number of fused-ring (bicyclic) bond motifs is 1. The Balaban J connectivity index is 1.92. The molecule has 0 radical (unpaired) electrons. The van der Waals surface area contributed by atoms with Crippen LogP contribution in [0.3, 0.4) is 0 Å². The number of ether oxygens (including phenoxy) is 1. The molecule has 0 aliphatic rings. The molecular weight excluding hydrogens is 296 g/mol. The largest absolute Gasteiger partial charge is 0.493 e. The standard InChI is InChI=1S/C15H16N6O2/c1-2-3-8-23-13-9-12(14(22)17-15-18-20-21-19-15)16-11-7-5-4-6-10(11)13/h4-7,9H,2-3,8H2,1H3,(H2,17,18,19,20,21,22). The minimum atomic E-state index is -0.419. The van der Waals surface area contributed by atoms with Gasteiger partial charge in [-0.25, -0.2) is 4.98 Å². The highest BCUT2D eigenvalue weighted by molar-refractivity contribution is 6.04. The minimum Gasteiger partial charge on any atom is -0.493 e. The van der Waals surface area contributed by atoms with Gasteiger partial charge < -0.3 is 4.74 Å². The van der Waals surface area contributed by atoms with E-state index in [1.165, 1.54) is 0 Å². The van der Waals surface area contributed by atoms with Gasteiger partial charge in [-0.3, -0.25) is 10.1 Å². The number of aromatic nitrogens is 5. The van der Waals surface area contributed by atoms with E-state index < -0.39 is 5.91 Å². The number of anilines is 1. The van der Waals surface area contributed by atoms with Gasteiger partial charge in [0.1, 0.15) is 11.4 Å². The summed E-state index contributed by atoms with van der Waals surface area (Å²) >= 11 is 0. The molecule has 0 bridgehead atoms. The van der Waals surface area contributed by atoms with E-state index in [9.17, 15) is 4.79 Å². The van der Waals surface area contributed by atoms with Crippen molar-refractivity contribution < 1.29 is 9.53 Å². The van der Waals surface area contributed by atoms with Crippen LogP contribution < -0.4 is 10.1 Å². The molecule has 0 unspecified atom stereocenters. The van der Waals surface area contributed by atoms with Crippen molar-refractivity contribution in [3.8, 4) is 5.75 Å². The Morgan fingerprint density at radius 3 is 3.00 bits per heavy atom. The number of para-hydroxylation sites is 1. The number of pyridine rings is 1. The maximum Gasteiger partial charge on any atom is 0.276 e. The second-order valence-electron chi connectivity index (χ2n) is 4.91. The Hall–Kier alpha value is -3.03. The molecule has 0 saturated heterocycles. The fourth-order valence-electron chi connectivity index (χ4n) is 2.09. The number of nitrogens with one attached hydrogen (secondary N) is 2. The molecule has 8 heteroatoms. The highest BCUT2D eigenvalue weighted by atomic mass is 16.5. The molecule has 0 aliphatic carbocycles. The normalized spacial score (nSPS) is 10.7. The van der Waals surface area contributed by atoms with Gasteiger partial charge >= 0.3 is 0 Å². The molecule has 1 amide bonds. The van der Waals surface area contributed by atoms with Crippen LogP contribution in [0.25, 0.3) is 10.9 Å². The van der Waals surface area contributed by atoms with Crippen LogP contribution in [0.15, 0.2) is 30.3 Å². The number of carbonyl (C=O) groups is 1. The molecule has 0 saturated carbocycles. The zero-order chi connectivity index (χ0) is 16.1. The van der Waals surface area contributed by atoms with Gasteiger partial charge in [0, 0.05) is 11.5 Å². The van der Waals surface area contributed by atoms with Crippen molar-refractivity contribution in [3.63, 3.8) is 0 Å². The zero-order valence-corrected chi connectivity index (χ0v) is 12.6. The van der Waals surface area contributed by atoms with Crippen LogP contribution >= 0.6 is 0 Å². The molecule has 118 valence electrons. The number of hydrogen-bond acceptors (Lipinski definition) is 6. The summed E-state index contributed by atoms with van der Waals surface area (Å²) in [5.74, 6) is 0.318. The molecule has 0 atom stereocenters. The summed E-state index contributed by atoms with van der Waals surface area (Å²) in [5, 5.41) is 16.4. The van der Waals surface area contributed by atoms with Gasteiger partial charge in [0.15, 0.2) is 0 Å². The highest BCUT2D eigenvalue weighted by Gasteiger charge is 2.14. The number of H-pyrrole nitrogens is 1. The molecule has 1 aromatic carbocycles. The highest BCUT2D eigenvalue weighted by Crippen LogP contribution is 2.26. The summed E-state index contributed by atoms with van der Waals surface area (Å²) in [6, 6.07) is 9.17. The fraction of sp³-hybridized carbons (Fsp3) is 0.267. The Labute approximate surface area is 132 Å². The van der Waals surface area contributed by atoms with Gasteiger partial charge in [-0.1, -0.05) is 30.6 Å². The third kappa shape index (κ3) is 3.42. The third-order valence-electron chi connectivity index (χ3n) is 3.24. The molecule has 0 fully saturated rings. The summed E-state index contributed by atoms with van der Waals surface area (Å²) in [6.07, 6.45) is 1.98. The van der Waals surface area contributed by atoms with E-state index in [2.05, 4.69) is 37.8 Å². The van der Waals surface area contributed by atoms with Gasteiger partial charge in [0.05, 0.1) is 12.1 Å². The first-order valence-corrected chi connectivity index (χ1v) is 7.35. The van der Waals surface area contributed by atoms with Crippen molar-refractivity contribution in [3.05, 3.63) is 36.0 Å². The van der Waals surface area contributed by atoms with Crippen LogP contribution in [0.5, 0.6) is 5.75 Å². The molecule has 0 aliphatic heterocycles. The second kappa shape index (κ2) is 6.82. The predicted molar refractivity (Wildman–Crippen MR) is 84.3 cm³/mol. The third-order valence-corrected chi connectivity index (χ3v) is 3.24. The van der Waals surface area contributed by atoms with Crippen LogP contribution in [-0.2, 0) is 0 Å². The van der Waals surface area contributed by atoms with Crippen molar-refractivity contribution in [1.82, 2.24) is 25.6 Å². The van der Waals surface area contributed by atoms with E-state index in [1.54, 1.807) is 6.07 Å². The maximum atomic E-state index is 12.3. The van der Waals surface area contributed by atoms with E-state index in [0.717, 1.165) is 18.2 Å². The number of benzene rings is 1. The molecule has 2 heterocycles. The molecule has 2 aromatic heterocycles. The number of unbranched alkanes of at least 4 members (excludes halogenated alkanes) is 1. The molecule has 8 nitrogen and oxygen atoms in total. The zero-order valence-electron chi connectivity index (χ0n) is 12.6. The number of amides is 1. The smallest absolute Gasteiger partial charge is 0.276 e. The van der Waals surface area contributed by atoms with E-state index in [1.807, 2.05) is 24.3 Å². The number of aromatic amines is 1. The average molecular weight is 312 g/mol. The maximum absolute atomic E-state index is 12.3. The monoisotopic (exact) mass is 312 g/mol. The summed E-state index contributed by atoms with van der Waals surface area (Å²) in [5.41, 5.74) is 0.930. The van der Waals surface area contributed by atoms with Gasteiger partial charge in [0.25, 0.3) is 11.9 Å². The summed E-state index contributed by atoms with van der Waals surface area (Å²) < 4.78 is 5.82. The molecule has 3 rings (SSSR count). The summed E-state index contributed by atoms with van der Waals surface area (Å²) in [7, 11) is 0.